The molecule has 4 rings (SSSR count). The van der Waals surface area contributed by atoms with Crippen molar-refractivity contribution in [3.05, 3.63) is 64.6 Å². The Labute approximate surface area is 163 Å². The number of hydrogen-bond donors (Lipinski definition) is 1. The summed E-state index contributed by atoms with van der Waals surface area (Å²) in [6.45, 7) is 0. The first kappa shape index (κ1) is 17.6. The highest BCUT2D eigenvalue weighted by atomic mass is 79.9. The molecule has 26 heavy (non-hydrogen) atoms. The fourth-order valence-electron chi connectivity index (χ4n) is 4.49. The van der Waals surface area contributed by atoms with Gasteiger partial charge in [-0.05, 0) is 74.3 Å². The number of benzene rings is 2. The molecule has 1 amide bonds. The number of ether oxygens (including phenoxy) is 1. The molecular formula is C22H24BrNO2. The molecule has 4 heteroatoms. The first-order chi connectivity index (χ1) is 12.6. The highest BCUT2D eigenvalue weighted by molar-refractivity contribution is 9.10. The van der Waals surface area contributed by atoms with E-state index in [2.05, 4.69) is 51.6 Å². The third-order valence-corrected chi connectivity index (χ3v) is 6.71. The Morgan fingerprint density at radius 3 is 2.23 bits per heavy atom. The van der Waals surface area contributed by atoms with Gasteiger partial charge in [0.25, 0.3) is 0 Å². The van der Waals surface area contributed by atoms with Crippen LogP contribution in [-0.2, 0) is 4.74 Å². The van der Waals surface area contributed by atoms with E-state index in [0.717, 1.165) is 29.4 Å². The lowest BCUT2D eigenvalue weighted by molar-refractivity contribution is -0.0915. The molecule has 0 heterocycles. The van der Waals surface area contributed by atoms with Gasteiger partial charge in [-0.15, -0.1) is 0 Å². The molecule has 1 N–H and O–H groups in total. The van der Waals surface area contributed by atoms with Gasteiger partial charge in [-0.3, -0.25) is 5.32 Å². The van der Waals surface area contributed by atoms with E-state index in [1.807, 2.05) is 24.3 Å². The monoisotopic (exact) mass is 413 g/mol. The minimum absolute atomic E-state index is 0.0645. The third kappa shape index (κ3) is 3.66. The molecule has 2 saturated carbocycles. The number of nitrogens with one attached hydrogen (secondary N) is 1. The summed E-state index contributed by atoms with van der Waals surface area (Å²) >= 11 is 3.40. The molecule has 2 aromatic rings. The smallest absolute Gasteiger partial charge is 0.411 e. The number of carbonyl (C=O) groups is 1. The summed E-state index contributed by atoms with van der Waals surface area (Å²) in [4.78, 5) is 12.3. The molecule has 0 unspecified atom stereocenters. The zero-order chi connectivity index (χ0) is 18.0. The van der Waals surface area contributed by atoms with Gasteiger partial charge in [0.1, 0.15) is 6.10 Å². The zero-order valence-corrected chi connectivity index (χ0v) is 16.4. The molecule has 1 spiro atoms. The van der Waals surface area contributed by atoms with Crippen LogP contribution >= 0.6 is 15.9 Å². The fourth-order valence-corrected chi connectivity index (χ4v) is 4.75. The number of hydrogen-bond acceptors (Lipinski definition) is 2. The number of anilines is 1. The van der Waals surface area contributed by atoms with Crippen molar-refractivity contribution in [3.8, 4) is 0 Å². The molecule has 2 aliphatic rings. The van der Waals surface area contributed by atoms with Gasteiger partial charge >= 0.3 is 6.09 Å². The molecule has 2 fully saturated rings. The number of amides is 1. The summed E-state index contributed by atoms with van der Waals surface area (Å²) in [5.41, 5.74) is 2.42. The minimum atomic E-state index is -0.332. The van der Waals surface area contributed by atoms with Crippen molar-refractivity contribution in [1.29, 1.82) is 0 Å². The van der Waals surface area contributed by atoms with Crippen LogP contribution in [0.5, 0.6) is 0 Å². The molecule has 136 valence electrons. The van der Waals surface area contributed by atoms with E-state index < -0.39 is 0 Å². The topological polar surface area (TPSA) is 38.3 Å². The Hall–Kier alpha value is -1.81. The summed E-state index contributed by atoms with van der Waals surface area (Å²) in [6.07, 6.45) is 6.60. The molecule has 2 aliphatic carbocycles. The second-order valence-electron chi connectivity index (χ2n) is 7.61. The van der Waals surface area contributed by atoms with Crippen LogP contribution < -0.4 is 5.32 Å². The Morgan fingerprint density at radius 2 is 1.62 bits per heavy atom. The largest absolute Gasteiger partial charge is 0.445 e. The van der Waals surface area contributed by atoms with E-state index in [1.54, 1.807) is 0 Å². The van der Waals surface area contributed by atoms with Gasteiger partial charge in [0.2, 0.25) is 0 Å². The fraction of sp³-hybridized carbons (Fsp3) is 0.409. The molecule has 1 atom stereocenters. The van der Waals surface area contributed by atoms with Crippen molar-refractivity contribution in [1.82, 2.24) is 0 Å². The Morgan fingerprint density at radius 1 is 0.962 bits per heavy atom. The van der Waals surface area contributed by atoms with E-state index in [1.165, 1.54) is 24.8 Å². The van der Waals surface area contributed by atoms with Crippen LogP contribution in [0.15, 0.2) is 59.1 Å². The predicted octanol–water partition coefficient (Wildman–Crippen LogP) is 6.50. The zero-order valence-electron chi connectivity index (χ0n) is 14.8. The predicted molar refractivity (Wildman–Crippen MR) is 107 cm³/mol. The maximum absolute atomic E-state index is 12.3. The van der Waals surface area contributed by atoms with Crippen molar-refractivity contribution in [2.45, 2.75) is 50.5 Å². The average molecular weight is 414 g/mol. The molecular weight excluding hydrogens is 390 g/mol. The van der Waals surface area contributed by atoms with Gasteiger partial charge in [0.05, 0.1) is 0 Å². The SMILES string of the molecule is O=C(Nc1ccc(Br)cc1)O[C@H]1CCC12CCC(c1ccccc1)CC2. The van der Waals surface area contributed by atoms with Crippen LogP contribution in [0.3, 0.4) is 0 Å². The van der Waals surface area contributed by atoms with Gasteiger partial charge in [0.15, 0.2) is 0 Å². The highest BCUT2D eigenvalue weighted by Crippen LogP contribution is 2.55. The quantitative estimate of drug-likeness (QED) is 0.622. The van der Waals surface area contributed by atoms with Crippen LogP contribution in [0.1, 0.15) is 50.0 Å². The Bertz CT molecular complexity index is 751. The highest BCUT2D eigenvalue weighted by Gasteiger charge is 2.50. The maximum atomic E-state index is 12.3. The second kappa shape index (κ2) is 7.43. The van der Waals surface area contributed by atoms with Crippen molar-refractivity contribution < 1.29 is 9.53 Å². The number of rotatable bonds is 3. The van der Waals surface area contributed by atoms with E-state index in [9.17, 15) is 4.79 Å². The summed E-state index contributed by atoms with van der Waals surface area (Å²) in [6, 6.07) is 18.4. The minimum Gasteiger partial charge on any atom is -0.445 e. The molecule has 0 aromatic heterocycles. The van der Waals surface area contributed by atoms with E-state index in [4.69, 9.17) is 4.74 Å². The van der Waals surface area contributed by atoms with E-state index in [-0.39, 0.29) is 17.6 Å². The molecule has 0 aliphatic heterocycles. The standard InChI is InChI=1S/C22H24BrNO2/c23-18-6-8-19(9-7-18)24-21(25)26-20-12-15-22(20)13-10-17(11-14-22)16-4-2-1-3-5-16/h1-9,17,20H,10-15H2,(H,24,25)/t17?,20-,22?/m0/s1. The molecule has 0 saturated heterocycles. The first-order valence-electron chi connectivity index (χ1n) is 9.43. The molecule has 3 nitrogen and oxygen atoms in total. The van der Waals surface area contributed by atoms with Crippen LogP contribution in [-0.4, -0.2) is 12.2 Å². The summed E-state index contributed by atoms with van der Waals surface area (Å²) < 4.78 is 6.78. The van der Waals surface area contributed by atoms with Gasteiger partial charge in [-0.2, -0.15) is 0 Å². The number of carbonyl (C=O) groups excluding carboxylic acids is 1. The summed E-state index contributed by atoms with van der Waals surface area (Å²) in [5, 5.41) is 2.84. The Balaban J connectivity index is 1.32. The third-order valence-electron chi connectivity index (χ3n) is 6.18. The van der Waals surface area contributed by atoms with E-state index in [0.29, 0.717) is 5.92 Å². The van der Waals surface area contributed by atoms with Gasteiger partial charge < -0.3 is 4.74 Å². The Kier molecular flexibility index (Phi) is 5.03. The van der Waals surface area contributed by atoms with Gasteiger partial charge in [0, 0.05) is 15.6 Å². The average Bonchev–Trinajstić information content (AvgIpc) is 2.68. The maximum Gasteiger partial charge on any atom is 0.411 e. The van der Waals surface area contributed by atoms with E-state index >= 15 is 0 Å². The van der Waals surface area contributed by atoms with Crippen molar-refractivity contribution >= 4 is 27.7 Å². The normalized spacial score (nSPS) is 27.6. The van der Waals surface area contributed by atoms with Gasteiger partial charge in [-0.25, -0.2) is 4.79 Å². The van der Waals surface area contributed by atoms with Crippen molar-refractivity contribution in [2.75, 3.05) is 5.32 Å². The van der Waals surface area contributed by atoms with Crippen molar-refractivity contribution in [3.63, 3.8) is 0 Å². The molecule has 2 aromatic carbocycles. The molecule has 0 bridgehead atoms. The molecule has 0 radical (unpaired) electrons. The first-order valence-corrected chi connectivity index (χ1v) is 10.2. The lowest BCUT2D eigenvalue weighted by Crippen LogP contribution is -2.49. The number of halogens is 1. The van der Waals surface area contributed by atoms with Crippen LogP contribution in [0.2, 0.25) is 0 Å². The summed E-state index contributed by atoms with van der Waals surface area (Å²) in [5.74, 6) is 0.652. The van der Waals surface area contributed by atoms with Crippen LogP contribution in [0, 0.1) is 5.41 Å². The lowest BCUT2D eigenvalue weighted by Gasteiger charge is -2.52. The van der Waals surface area contributed by atoms with Crippen LogP contribution in [0.4, 0.5) is 10.5 Å². The lowest BCUT2D eigenvalue weighted by atomic mass is 9.56. The summed E-state index contributed by atoms with van der Waals surface area (Å²) in [7, 11) is 0. The van der Waals surface area contributed by atoms with Crippen molar-refractivity contribution in [2.24, 2.45) is 5.41 Å². The van der Waals surface area contributed by atoms with Gasteiger partial charge in [-0.1, -0.05) is 46.3 Å². The van der Waals surface area contributed by atoms with Crippen LogP contribution in [0.25, 0.3) is 0 Å². The second-order valence-corrected chi connectivity index (χ2v) is 8.53.